The summed E-state index contributed by atoms with van der Waals surface area (Å²) in [6.45, 7) is 0.158. The van der Waals surface area contributed by atoms with Crippen LogP contribution in [0.2, 0.25) is 0 Å². The Kier molecular flexibility index (Phi) is 4.81. The Morgan fingerprint density at radius 2 is 2.04 bits per heavy atom. The zero-order chi connectivity index (χ0) is 17.9. The number of hydrogen-bond acceptors (Lipinski definition) is 7. The van der Waals surface area contributed by atoms with Crippen LogP contribution in [0.4, 0.5) is 5.69 Å². The topological polar surface area (TPSA) is 112 Å². The van der Waals surface area contributed by atoms with Crippen LogP contribution in [0.5, 0.6) is 5.75 Å². The number of phosphoric acid groups is 1. The molecule has 25 heavy (non-hydrogen) atoms. The first kappa shape index (κ1) is 17.1. The highest BCUT2D eigenvalue weighted by Gasteiger charge is 2.37. The van der Waals surface area contributed by atoms with Gasteiger partial charge in [0.25, 0.3) is 5.69 Å². The SMILES string of the molecule is N#Cc1cccc([C@@H]2CCO[P@](=O)(Oc3ccc([N+](=O)[O-])cc3)O2)c1. The zero-order valence-corrected chi connectivity index (χ0v) is 13.8. The van der Waals surface area contributed by atoms with Gasteiger partial charge in [-0.15, -0.1) is 0 Å². The molecule has 0 spiro atoms. The normalized spacial score (nSPS) is 22.8. The molecule has 1 fully saturated rings. The van der Waals surface area contributed by atoms with Gasteiger partial charge in [0.1, 0.15) is 5.75 Å². The van der Waals surface area contributed by atoms with E-state index in [-0.39, 0.29) is 18.0 Å². The molecule has 1 saturated heterocycles. The predicted octanol–water partition coefficient (Wildman–Crippen LogP) is 4.13. The highest BCUT2D eigenvalue weighted by atomic mass is 31.2. The predicted molar refractivity (Wildman–Crippen MR) is 86.9 cm³/mol. The lowest BCUT2D eigenvalue weighted by molar-refractivity contribution is -0.384. The van der Waals surface area contributed by atoms with E-state index in [0.717, 1.165) is 0 Å². The quantitative estimate of drug-likeness (QED) is 0.458. The minimum Gasteiger partial charge on any atom is -0.404 e. The maximum absolute atomic E-state index is 12.7. The van der Waals surface area contributed by atoms with Crippen LogP contribution in [0.3, 0.4) is 0 Å². The maximum atomic E-state index is 12.7. The summed E-state index contributed by atoms with van der Waals surface area (Å²) in [5.41, 5.74) is 1.07. The molecule has 3 rings (SSSR count). The molecule has 2 aromatic rings. The molecule has 0 unspecified atom stereocenters. The van der Waals surface area contributed by atoms with Crippen molar-refractivity contribution in [3.05, 3.63) is 69.8 Å². The van der Waals surface area contributed by atoms with Gasteiger partial charge in [0.2, 0.25) is 0 Å². The van der Waals surface area contributed by atoms with Crippen molar-refractivity contribution in [3.63, 3.8) is 0 Å². The van der Waals surface area contributed by atoms with Crippen LogP contribution >= 0.6 is 7.82 Å². The van der Waals surface area contributed by atoms with Crippen molar-refractivity contribution in [2.24, 2.45) is 0 Å². The number of nitriles is 1. The first-order valence-electron chi connectivity index (χ1n) is 7.36. The van der Waals surface area contributed by atoms with Gasteiger partial charge >= 0.3 is 7.82 Å². The summed E-state index contributed by atoms with van der Waals surface area (Å²) in [6.07, 6.45) is -0.0754. The molecule has 1 heterocycles. The van der Waals surface area contributed by atoms with E-state index in [1.54, 1.807) is 24.3 Å². The van der Waals surface area contributed by atoms with Crippen molar-refractivity contribution in [1.82, 2.24) is 0 Å². The molecule has 1 aliphatic heterocycles. The third kappa shape index (κ3) is 4.03. The number of rotatable bonds is 4. The molecule has 0 amide bonds. The standard InChI is InChI=1S/C16H13N2O6P/c17-11-12-2-1-3-13(10-12)16-8-9-22-25(21,24-16)23-15-6-4-14(5-7-15)18(19)20/h1-7,10,16H,8-9H2/t16-,25+/m0/s1. The molecular formula is C16H13N2O6P. The van der Waals surface area contributed by atoms with Crippen LogP contribution in [-0.2, 0) is 13.6 Å². The average molecular weight is 360 g/mol. The van der Waals surface area contributed by atoms with Crippen LogP contribution in [0.1, 0.15) is 23.7 Å². The van der Waals surface area contributed by atoms with Crippen molar-refractivity contribution >= 4 is 13.5 Å². The van der Waals surface area contributed by atoms with Gasteiger partial charge in [-0.25, -0.2) is 4.57 Å². The molecule has 9 heteroatoms. The third-order valence-electron chi connectivity index (χ3n) is 3.54. The molecule has 0 radical (unpaired) electrons. The van der Waals surface area contributed by atoms with Crippen molar-refractivity contribution < 1.29 is 23.1 Å². The number of nitro groups is 1. The maximum Gasteiger partial charge on any atom is 0.530 e. The molecule has 0 aromatic heterocycles. The smallest absolute Gasteiger partial charge is 0.404 e. The van der Waals surface area contributed by atoms with Gasteiger partial charge in [0.05, 0.1) is 29.3 Å². The molecular weight excluding hydrogens is 347 g/mol. The van der Waals surface area contributed by atoms with E-state index in [2.05, 4.69) is 0 Å². The lowest BCUT2D eigenvalue weighted by atomic mass is 10.0. The van der Waals surface area contributed by atoms with E-state index in [1.165, 1.54) is 24.3 Å². The van der Waals surface area contributed by atoms with Crippen molar-refractivity contribution in [3.8, 4) is 11.8 Å². The molecule has 0 saturated carbocycles. The van der Waals surface area contributed by atoms with Gasteiger partial charge in [-0.3, -0.25) is 19.2 Å². The molecule has 0 bridgehead atoms. The van der Waals surface area contributed by atoms with Crippen LogP contribution in [0, 0.1) is 21.4 Å². The monoisotopic (exact) mass is 360 g/mol. The average Bonchev–Trinajstić information content (AvgIpc) is 2.62. The summed E-state index contributed by atoms with van der Waals surface area (Å²) in [4.78, 5) is 10.1. The van der Waals surface area contributed by atoms with E-state index in [1.807, 2.05) is 6.07 Å². The van der Waals surface area contributed by atoms with E-state index < -0.39 is 18.8 Å². The van der Waals surface area contributed by atoms with Crippen molar-refractivity contribution in [2.45, 2.75) is 12.5 Å². The first-order chi connectivity index (χ1) is 12.0. The summed E-state index contributed by atoms with van der Waals surface area (Å²) in [5.74, 6) is 0.139. The number of non-ortho nitro benzene ring substituents is 1. The highest BCUT2D eigenvalue weighted by Crippen LogP contribution is 2.56. The fourth-order valence-electron chi connectivity index (χ4n) is 2.35. The Morgan fingerprint density at radius 1 is 1.28 bits per heavy atom. The van der Waals surface area contributed by atoms with E-state index in [9.17, 15) is 14.7 Å². The fourth-order valence-corrected chi connectivity index (χ4v) is 3.76. The number of phosphoric ester groups is 1. The third-order valence-corrected chi connectivity index (χ3v) is 4.98. The van der Waals surface area contributed by atoms with E-state index in [4.69, 9.17) is 18.8 Å². The minimum absolute atomic E-state index is 0.109. The van der Waals surface area contributed by atoms with Crippen LogP contribution in [0.25, 0.3) is 0 Å². The van der Waals surface area contributed by atoms with Crippen LogP contribution in [0.15, 0.2) is 48.5 Å². The summed E-state index contributed by atoms with van der Waals surface area (Å²) in [7, 11) is -3.87. The minimum atomic E-state index is -3.87. The van der Waals surface area contributed by atoms with Crippen LogP contribution in [-0.4, -0.2) is 11.5 Å². The summed E-state index contributed by atoms with van der Waals surface area (Å²) >= 11 is 0. The molecule has 128 valence electrons. The van der Waals surface area contributed by atoms with Gasteiger partial charge in [-0.05, 0) is 29.8 Å². The molecule has 2 atom stereocenters. The Hall–Kier alpha value is -2.72. The van der Waals surface area contributed by atoms with Gasteiger partial charge in [0, 0.05) is 18.6 Å². The number of nitro benzene ring substituents is 1. The molecule has 0 aliphatic carbocycles. The Morgan fingerprint density at radius 3 is 2.72 bits per heavy atom. The second kappa shape index (κ2) is 7.03. The highest BCUT2D eigenvalue weighted by molar-refractivity contribution is 7.49. The zero-order valence-electron chi connectivity index (χ0n) is 12.9. The van der Waals surface area contributed by atoms with Crippen molar-refractivity contribution in [2.75, 3.05) is 6.61 Å². The fraction of sp³-hybridized carbons (Fsp3) is 0.188. The van der Waals surface area contributed by atoms with Gasteiger partial charge in [0.15, 0.2) is 0 Å². The van der Waals surface area contributed by atoms with Gasteiger partial charge in [-0.2, -0.15) is 5.26 Å². The van der Waals surface area contributed by atoms with Crippen molar-refractivity contribution in [1.29, 1.82) is 5.26 Å². The van der Waals surface area contributed by atoms with Gasteiger partial charge < -0.3 is 4.52 Å². The number of nitrogens with zero attached hydrogens (tertiary/aromatic N) is 2. The van der Waals surface area contributed by atoms with E-state index >= 15 is 0 Å². The number of hydrogen-bond donors (Lipinski definition) is 0. The Balaban J connectivity index is 1.76. The van der Waals surface area contributed by atoms with E-state index in [0.29, 0.717) is 17.5 Å². The lowest BCUT2D eigenvalue weighted by Crippen LogP contribution is -2.16. The Labute approximate surface area is 143 Å². The lowest BCUT2D eigenvalue weighted by Gasteiger charge is -2.29. The largest absolute Gasteiger partial charge is 0.530 e. The Bertz CT molecular complexity index is 877. The molecule has 0 N–H and O–H groups in total. The van der Waals surface area contributed by atoms with Gasteiger partial charge in [-0.1, -0.05) is 12.1 Å². The molecule has 2 aromatic carbocycles. The summed E-state index contributed by atoms with van der Waals surface area (Å²) < 4.78 is 28.7. The first-order valence-corrected chi connectivity index (χ1v) is 8.82. The second-order valence-electron chi connectivity index (χ2n) is 5.24. The summed E-state index contributed by atoms with van der Waals surface area (Å²) in [5, 5.41) is 19.6. The molecule has 1 aliphatic rings. The summed E-state index contributed by atoms with van der Waals surface area (Å²) in [6, 6.07) is 14.0. The van der Waals surface area contributed by atoms with Crippen LogP contribution < -0.4 is 4.52 Å². The second-order valence-corrected chi connectivity index (χ2v) is 6.79. The number of benzene rings is 2. The molecule has 8 nitrogen and oxygen atoms in total.